The van der Waals surface area contributed by atoms with Crippen molar-refractivity contribution in [1.82, 2.24) is 0 Å². The maximum absolute atomic E-state index is 12.2. The Morgan fingerprint density at radius 3 is 2.57 bits per heavy atom. The number of ketones is 1. The molecule has 0 spiro atoms. The van der Waals surface area contributed by atoms with Gasteiger partial charge in [0.1, 0.15) is 0 Å². The largest absolute Gasteiger partial charge is 0.385 e. The molecule has 0 unspecified atom stereocenters. The Morgan fingerprint density at radius 1 is 1.29 bits per heavy atom. The van der Waals surface area contributed by atoms with E-state index in [4.69, 9.17) is 0 Å². The number of hydrogen-bond donors (Lipinski definition) is 1. The van der Waals surface area contributed by atoms with Crippen molar-refractivity contribution in [2.75, 3.05) is 0 Å². The van der Waals surface area contributed by atoms with E-state index in [0.717, 1.165) is 29.9 Å². The average molecular weight is 290 g/mol. The topological polar surface area (TPSA) is 37.3 Å². The van der Waals surface area contributed by atoms with Gasteiger partial charge in [0, 0.05) is 6.42 Å². The second-order valence-electron chi connectivity index (χ2n) is 8.65. The third kappa shape index (κ3) is 2.05. The summed E-state index contributed by atoms with van der Waals surface area (Å²) in [7, 11) is 0. The summed E-state index contributed by atoms with van der Waals surface area (Å²) < 4.78 is 0. The molecule has 21 heavy (non-hydrogen) atoms. The molecule has 0 saturated heterocycles. The average Bonchev–Trinajstić information content (AvgIpc) is 2.79. The van der Waals surface area contributed by atoms with Gasteiger partial charge in [-0.25, -0.2) is 0 Å². The zero-order chi connectivity index (χ0) is 15.6. The van der Waals surface area contributed by atoms with E-state index in [2.05, 4.69) is 27.7 Å². The third-order valence-corrected chi connectivity index (χ3v) is 7.14. The van der Waals surface area contributed by atoms with Crippen molar-refractivity contribution in [2.24, 2.45) is 29.1 Å². The normalized spacial score (nSPS) is 46.8. The molecule has 2 fully saturated rings. The number of carbonyl (C=O) groups excluding carboxylic acids is 1. The van der Waals surface area contributed by atoms with Gasteiger partial charge in [0.05, 0.1) is 5.60 Å². The van der Waals surface area contributed by atoms with Crippen LogP contribution in [0.2, 0.25) is 0 Å². The van der Waals surface area contributed by atoms with Crippen LogP contribution in [0.15, 0.2) is 11.1 Å². The van der Waals surface area contributed by atoms with Gasteiger partial charge >= 0.3 is 0 Å². The number of aliphatic hydroxyl groups is 1. The fourth-order valence-corrected chi connectivity index (χ4v) is 5.59. The Balaban J connectivity index is 2.04. The fourth-order valence-electron chi connectivity index (χ4n) is 5.59. The van der Waals surface area contributed by atoms with E-state index in [1.54, 1.807) is 0 Å². The van der Waals surface area contributed by atoms with Crippen molar-refractivity contribution in [3.05, 3.63) is 11.1 Å². The van der Waals surface area contributed by atoms with E-state index in [1.807, 2.05) is 6.92 Å². The molecule has 0 aromatic heterocycles. The molecule has 2 nitrogen and oxygen atoms in total. The Hall–Kier alpha value is -0.630. The molecule has 0 aromatic carbocycles. The van der Waals surface area contributed by atoms with Gasteiger partial charge in [0.25, 0.3) is 0 Å². The minimum absolute atomic E-state index is 0.166. The van der Waals surface area contributed by atoms with Gasteiger partial charge in [-0.15, -0.1) is 0 Å². The second kappa shape index (κ2) is 4.68. The number of allylic oxidation sites excluding steroid dienone is 1. The summed E-state index contributed by atoms with van der Waals surface area (Å²) >= 11 is 0. The summed E-state index contributed by atoms with van der Waals surface area (Å²) in [5.74, 6) is 2.54. The Labute approximate surface area is 129 Å². The van der Waals surface area contributed by atoms with Gasteiger partial charge in [-0.3, -0.25) is 4.79 Å². The SMILES string of the molecule is CC1=C2C[C@@]3(C)CC[C@H](C(C)C)[C@@H]3C[C@H](C)[C@@]2(O)CC1=O. The monoisotopic (exact) mass is 290 g/mol. The molecule has 0 heterocycles. The lowest BCUT2D eigenvalue weighted by Gasteiger charge is -2.35. The molecule has 2 heteroatoms. The van der Waals surface area contributed by atoms with E-state index in [-0.39, 0.29) is 17.1 Å². The maximum Gasteiger partial charge on any atom is 0.161 e. The van der Waals surface area contributed by atoms with E-state index in [1.165, 1.54) is 12.8 Å². The summed E-state index contributed by atoms with van der Waals surface area (Å²) in [5, 5.41) is 11.2. The highest BCUT2D eigenvalue weighted by atomic mass is 16.3. The van der Waals surface area contributed by atoms with Crippen molar-refractivity contribution in [3.8, 4) is 0 Å². The summed E-state index contributed by atoms with van der Waals surface area (Å²) in [6.45, 7) is 11.2. The van der Waals surface area contributed by atoms with Gasteiger partial charge in [0.2, 0.25) is 0 Å². The molecule has 0 aliphatic heterocycles. The number of carbonyl (C=O) groups is 1. The van der Waals surface area contributed by atoms with Crippen LogP contribution in [0.5, 0.6) is 0 Å². The van der Waals surface area contributed by atoms with Gasteiger partial charge in [-0.1, -0.05) is 27.7 Å². The van der Waals surface area contributed by atoms with Crippen molar-refractivity contribution < 1.29 is 9.90 Å². The Kier molecular flexibility index (Phi) is 3.40. The predicted molar refractivity (Wildman–Crippen MR) is 84.8 cm³/mol. The van der Waals surface area contributed by atoms with Crippen molar-refractivity contribution in [1.29, 1.82) is 0 Å². The minimum atomic E-state index is -0.851. The zero-order valence-corrected chi connectivity index (χ0v) is 14.2. The molecule has 0 amide bonds. The van der Waals surface area contributed by atoms with E-state index in [0.29, 0.717) is 18.3 Å². The zero-order valence-electron chi connectivity index (χ0n) is 14.2. The van der Waals surface area contributed by atoms with Crippen molar-refractivity contribution in [2.45, 2.75) is 72.3 Å². The molecule has 3 aliphatic carbocycles. The molecule has 0 radical (unpaired) electrons. The van der Waals surface area contributed by atoms with Gasteiger partial charge in [-0.05, 0) is 72.8 Å². The van der Waals surface area contributed by atoms with Gasteiger partial charge in [0.15, 0.2) is 5.78 Å². The second-order valence-corrected chi connectivity index (χ2v) is 8.65. The molecule has 118 valence electrons. The molecule has 3 aliphatic rings. The lowest BCUT2D eigenvalue weighted by atomic mass is 9.70. The van der Waals surface area contributed by atoms with Crippen LogP contribution < -0.4 is 0 Å². The molecule has 3 rings (SSSR count). The first kappa shape index (κ1) is 15.3. The van der Waals surface area contributed by atoms with Crippen molar-refractivity contribution >= 4 is 5.78 Å². The van der Waals surface area contributed by atoms with E-state index >= 15 is 0 Å². The van der Waals surface area contributed by atoms with Gasteiger partial charge < -0.3 is 5.11 Å². The van der Waals surface area contributed by atoms with Crippen molar-refractivity contribution in [3.63, 3.8) is 0 Å². The summed E-state index contributed by atoms with van der Waals surface area (Å²) in [6.07, 6.45) is 4.88. The molecular weight excluding hydrogens is 260 g/mol. The number of hydrogen-bond acceptors (Lipinski definition) is 2. The first-order valence-electron chi connectivity index (χ1n) is 8.65. The molecule has 0 bridgehead atoms. The van der Waals surface area contributed by atoms with Crippen LogP contribution in [0.25, 0.3) is 0 Å². The number of fused-ring (bicyclic) bond motifs is 2. The summed E-state index contributed by atoms with van der Waals surface area (Å²) in [6, 6.07) is 0. The molecule has 5 atom stereocenters. The van der Waals surface area contributed by atoms with E-state index < -0.39 is 5.60 Å². The highest BCUT2D eigenvalue weighted by molar-refractivity contribution is 6.00. The highest BCUT2D eigenvalue weighted by Gasteiger charge is 2.56. The Morgan fingerprint density at radius 2 is 1.95 bits per heavy atom. The minimum Gasteiger partial charge on any atom is -0.385 e. The Bertz CT molecular complexity index is 504. The quantitative estimate of drug-likeness (QED) is 0.788. The first-order chi connectivity index (χ1) is 9.69. The van der Waals surface area contributed by atoms with Crippen LogP contribution in [-0.4, -0.2) is 16.5 Å². The standard InChI is InChI=1S/C19H30O2/c1-11(2)14-6-7-18(5)9-16-13(4)17(20)10-19(16,21)12(3)8-15(14)18/h11-12,14-15,21H,6-10H2,1-5H3/t12-,14+,15-,18+,19-/m0/s1. The fraction of sp³-hybridized carbons (Fsp3) is 0.842. The maximum atomic E-state index is 12.2. The first-order valence-corrected chi connectivity index (χ1v) is 8.65. The highest BCUT2D eigenvalue weighted by Crippen LogP contribution is 2.61. The van der Waals surface area contributed by atoms with Crippen LogP contribution in [0.4, 0.5) is 0 Å². The molecule has 0 aromatic rings. The molecule has 2 saturated carbocycles. The van der Waals surface area contributed by atoms with Crippen LogP contribution in [0, 0.1) is 29.1 Å². The summed E-state index contributed by atoms with van der Waals surface area (Å²) in [4.78, 5) is 12.2. The lowest BCUT2D eigenvalue weighted by molar-refractivity contribution is -0.118. The lowest BCUT2D eigenvalue weighted by Crippen LogP contribution is -2.36. The van der Waals surface area contributed by atoms with Crippen LogP contribution in [0.1, 0.15) is 66.7 Å². The van der Waals surface area contributed by atoms with Gasteiger partial charge in [-0.2, -0.15) is 0 Å². The third-order valence-electron chi connectivity index (χ3n) is 7.14. The number of Topliss-reactive ketones (excluding diaryl/α,β-unsaturated/α-hetero) is 1. The van der Waals surface area contributed by atoms with Crippen LogP contribution >= 0.6 is 0 Å². The van der Waals surface area contributed by atoms with E-state index in [9.17, 15) is 9.90 Å². The molecular formula is C19H30O2. The van der Waals surface area contributed by atoms with Crippen LogP contribution in [0.3, 0.4) is 0 Å². The smallest absolute Gasteiger partial charge is 0.161 e. The predicted octanol–water partition coefficient (Wildman–Crippen LogP) is 4.13. The van der Waals surface area contributed by atoms with Crippen LogP contribution in [-0.2, 0) is 4.79 Å². The number of rotatable bonds is 1. The molecule has 1 N–H and O–H groups in total. The summed E-state index contributed by atoms with van der Waals surface area (Å²) in [5.41, 5.74) is 1.36.